The summed E-state index contributed by atoms with van der Waals surface area (Å²) in [7, 11) is 0. The molecule has 0 aliphatic carbocycles. The maximum absolute atomic E-state index is 11.8. The van der Waals surface area contributed by atoms with Gasteiger partial charge in [0.25, 0.3) is 0 Å². The minimum absolute atomic E-state index is 0.122. The van der Waals surface area contributed by atoms with Gasteiger partial charge in [0.2, 0.25) is 0 Å². The molecule has 0 saturated carbocycles. The van der Waals surface area contributed by atoms with E-state index < -0.39 is 0 Å². The molecule has 2 heteroatoms. The summed E-state index contributed by atoms with van der Waals surface area (Å²) in [6.07, 6.45) is 4.30. The predicted molar refractivity (Wildman–Crippen MR) is 61.1 cm³/mol. The van der Waals surface area contributed by atoms with E-state index in [2.05, 4.69) is 13.8 Å². The summed E-state index contributed by atoms with van der Waals surface area (Å²) < 4.78 is 0. The minimum atomic E-state index is -0.255. The molecular formula is C12H25NO. The smallest absolute Gasteiger partial charge is 0.152 e. The number of rotatable bonds is 7. The molecule has 0 fully saturated rings. The van der Waals surface area contributed by atoms with Gasteiger partial charge in [-0.25, -0.2) is 0 Å². The fourth-order valence-corrected chi connectivity index (χ4v) is 1.60. The van der Waals surface area contributed by atoms with Crippen molar-refractivity contribution >= 4 is 5.78 Å². The fraction of sp³-hybridized carbons (Fsp3) is 0.917. The first-order valence-corrected chi connectivity index (χ1v) is 5.83. The van der Waals surface area contributed by atoms with Crippen molar-refractivity contribution in [2.45, 2.75) is 59.4 Å². The molecular weight excluding hydrogens is 174 g/mol. The van der Waals surface area contributed by atoms with E-state index in [1.165, 1.54) is 12.8 Å². The van der Waals surface area contributed by atoms with Gasteiger partial charge in [-0.3, -0.25) is 4.79 Å². The Hall–Kier alpha value is -0.370. The normalized spacial score (nSPS) is 17.5. The van der Waals surface area contributed by atoms with E-state index >= 15 is 0 Å². The Morgan fingerprint density at radius 1 is 1.29 bits per heavy atom. The molecule has 84 valence electrons. The van der Waals surface area contributed by atoms with E-state index in [0.29, 0.717) is 5.92 Å². The van der Waals surface area contributed by atoms with Crippen LogP contribution < -0.4 is 5.73 Å². The molecule has 0 amide bonds. The number of ketones is 1. The third-order valence-electron chi connectivity index (χ3n) is 3.12. The van der Waals surface area contributed by atoms with Crippen LogP contribution in [0.25, 0.3) is 0 Å². The van der Waals surface area contributed by atoms with Gasteiger partial charge in [0.15, 0.2) is 5.78 Å². The summed E-state index contributed by atoms with van der Waals surface area (Å²) in [6, 6.07) is -0.255. The van der Waals surface area contributed by atoms with Crippen molar-refractivity contribution in [3.8, 4) is 0 Å². The van der Waals surface area contributed by atoms with Crippen LogP contribution in [0.3, 0.4) is 0 Å². The highest BCUT2D eigenvalue weighted by Gasteiger charge is 2.23. The summed E-state index contributed by atoms with van der Waals surface area (Å²) in [5.74, 6) is 0.827. The Morgan fingerprint density at radius 3 is 2.29 bits per heavy atom. The monoisotopic (exact) mass is 199 g/mol. The van der Waals surface area contributed by atoms with Gasteiger partial charge in [0.1, 0.15) is 0 Å². The van der Waals surface area contributed by atoms with Crippen molar-refractivity contribution in [1.29, 1.82) is 0 Å². The van der Waals surface area contributed by atoms with Crippen molar-refractivity contribution < 1.29 is 4.79 Å². The molecule has 0 aliphatic heterocycles. The van der Waals surface area contributed by atoms with Crippen LogP contribution in [0, 0.1) is 11.8 Å². The predicted octanol–water partition coefficient (Wildman–Crippen LogP) is 2.76. The molecule has 3 atom stereocenters. The summed E-state index contributed by atoms with van der Waals surface area (Å²) in [6.45, 7) is 8.31. The van der Waals surface area contributed by atoms with E-state index in [1.54, 1.807) is 0 Å². The maximum atomic E-state index is 11.8. The van der Waals surface area contributed by atoms with Crippen LogP contribution in [-0.4, -0.2) is 11.8 Å². The Kier molecular flexibility index (Phi) is 6.81. The number of Topliss-reactive ketones (excluding diaryl/α,β-unsaturated/α-hetero) is 1. The van der Waals surface area contributed by atoms with Gasteiger partial charge in [0, 0.05) is 5.92 Å². The quantitative estimate of drug-likeness (QED) is 0.685. The van der Waals surface area contributed by atoms with E-state index in [1.807, 2.05) is 13.8 Å². The average Bonchev–Trinajstić information content (AvgIpc) is 2.22. The molecule has 0 aromatic rings. The van der Waals surface area contributed by atoms with Gasteiger partial charge in [-0.05, 0) is 12.3 Å². The SMILES string of the molecule is CCCCC(C)C(C)C(=O)C(N)CC. The van der Waals surface area contributed by atoms with E-state index in [9.17, 15) is 4.79 Å². The van der Waals surface area contributed by atoms with Gasteiger partial charge in [-0.1, -0.05) is 47.0 Å². The summed E-state index contributed by atoms with van der Waals surface area (Å²) in [5, 5.41) is 0. The van der Waals surface area contributed by atoms with Crippen LogP contribution in [0.5, 0.6) is 0 Å². The molecule has 0 spiro atoms. The Balaban J connectivity index is 4.03. The lowest BCUT2D eigenvalue weighted by atomic mass is 9.85. The number of hydrogen-bond acceptors (Lipinski definition) is 2. The Labute approximate surface area is 88.3 Å². The van der Waals surface area contributed by atoms with Crippen LogP contribution in [0.1, 0.15) is 53.4 Å². The standard InChI is InChI=1S/C12H25NO/c1-5-7-8-9(3)10(4)12(14)11(13)6-2/h9-11H,5-8,13H2,1-4H3. The molecule has 0 bridgehead atoms. The second-order valence-corrected chi connectivity index (χ2v) is 4.33. The molecule has 0 rings (SSSR count). The molecule has 0 radical (unpaired) electrons. The van der Waals surface area contributed by atoms with E-state index in [-0.39, 0.29) is 17.7 Å². The van der Waals surface area contributed by atoms with Crippen molar-refractivity contribution in [1.82, 2.24) is 0 Å². The molecule has 0 heterocycles. The molecule has 0 aromatic heterocycles. The van der Waals surface area contributed by atoms with Crippen LogP contribution in [0.2, 0.25) is 0 Å². The number of nitrogens with two attached hydrogens (primary N) is 1. The third-order valence-corrected chi connectivity index (χ3v) is 3.12. The summed E-state index contributed by atoms with van der Waals surface area (Å²) >= 11 is 0. The largest absolute Gasteiger partial charge is 0.322 e. The molecule has 0 saturated heterocycles. The molecule has 2 nitrogen and oxygen atoms in total. The van der Waals surface area contributed by atoms with Crippen LogP contribution in [0.15, 0.2) is 0 Å². The first-order chi connectivity index (χ1) is 6.54. The zero-order valence-corrected chi connectivity index (χ0v) is 10.0. The second-order valence-electron chi connectivity index (χ2n) is 4.33. The lowest BCUT2D eigenvalue weighted by molar-refractivity contribution is -0.125. The highest BCUT2D eigenvalue weighted by Crippen LogP contribution is 2.20. The zero-order valence-electron chi connectivity index (χ0n) is 10.0. The number of hydrogen-bond donors (Lipinski definition) is 1. The first-order valence-electron chi connectivity index (χ1n) is 5.83. The van der Waals surface area contributed by atoms with Gasteiger partial charge in [-0.2, -0.15) is 0 Å². The van der Waals surface area contributed by atoms with E-state index in [4.69, 9.17) is 5.73 Å². The Bertz CT molecular complexity index is 168. The van der Waals surface area contributed by atoms with Gasteiger partial charge in [-0.15, -0.1) is 0 Å². The number of unbranched alkanes of at least 4 members (excludes halogenated alkanes) is 1. The van der Waals surface area contributed by atoms with Crippen molar-refractivity contribution in [2.75, 3.05) is 0 Å². The van der Waals surface area contributed by atoms with Crippen LogP contribution in [0.4, 0.5) is 0 Å². The topological polar surface area (TPSA) is 43.1 Å². The lowest BCUT2D eigenvalue weighted by Crippen LogP contribution is -2.36. The van der Waals surface area contributed by atoms with Crippen molar-refractivity contribution in [3.05, 3.63) is 0 Å². The number of carbonyl (C=O) groups excluding carboxylic acids is 1. The highest BCUT2D eigenvalue weighted by atomic mass is 16.1. The molecule has 14 heavy (non-hydrogen) atoms. The van der Waals surface area contributed by atoms with E-state index in [0.717, 1.165) is 12.8 Å². The lowest BCUT2D eigenvalue weighted by Gasteiger charge is -2.21. The van der Waals surface area contributed by atoms with Crippen molar-refractivity contribution in [2.24, 2.45) is 17.6 Å². The first kappa shape index (κ1) is 13.6. The highest BCUT2D eigenvalue weighted by molar-refractivity contribution is 5.85. The maximum Gasteiger partial charge on any atom is 0.152 e. The molecule has 3 unspecified atom stereocenters. The minimum Gasteiger partial charge on any atom is -0.322 e. The van der Waals surface area contributed by atoms with Gasteiger partial charge >= 0.3 is 0 Å². The molecule has 0 aliphatic rings. The second kappa shape index (κ2) is 6.99. The van der Waals surface area contributed by atoms with Gasteiger partial charge < -0.3 is 5.73 Å². The summed E-state index contributed by atoms with van der Waals surface area (Å²) in [4.78, 5) is 11.8. The fourth-order valence-electron chi connectivity index (χ4n) is 1.60. The van der Waals surface area contributed by atoms with Crippen LogP contribution >= 0.6 is 0 Å². The average molecular weight is 199 g/mol. The third kappa shape index (κ3) is 4.23. The van der Waals surface area contributed by atoms with Gasteiger partial charge in [0.05, 0.1) is 6.04 Å². The summed E-state index contributed by atoms with van der Waals surface area (Å²) in [5.41, 5.74) is 5.73. The molecule has 0 aromatic carbocycles. The zero-order chi connectivity index (χ0) is 11.1. The van der Waals surface area contributed by atoms with Crippen molar-refractivity contribution in [3.63, 3.8) is 0 Å². The molecule has 2 N–H and O–H groups in total. The van der Waals surface area contributed by atoms with Crippen LogP contribution in [-0.2, 0) is 4.79 Å². The number of carbonyl (C=O) groups is 1. The Morgan fingerprint density at radius 2 is 1.86 bits per heavy atom.